The highest BCUT2D eigenvalue weighted by Gasteiger charge is 2.18. The second-order valence-corrected chi connectivity index (χ2v) is 5.89. The van der Waals surface area contributed by atoms with E-state index >= 15 is 0 Å². The Morgan fingerprint density at radius 2 is 2.17 bits per heavy atom. The molecule has 2 amide bonds. The lowest BCUT2D eigenvalue weighted by Crippen LogP contribution is -2.32. The fourth-order valence-electron chi connectivity index (χ4n) is 2.51. The van der Waals surface area contributed by atoms with E-state index in [0.717, 1.165) is 32.3 Å². The van der Waals surface area contributed by atoms with Gasteiger partial charge in [0.15, 0.2) is 0 Å². The molecular weight excluding hydrogens is 294 g/mol. The molecule has 23 heavy (non-hydrogen) atoms. The molecule has 0 spiro atoms. The zero-order chi connectivity index (χ0) is 16.7. The number of hydrogen-bond donors (Lipinski definition) is 1. The van der Waals surface area contributed by atoms with Gasteiger partial charge in [-0.3, -0.25) is 14.6 Å². The van der Waals surface area contributed by atoms with Crippen LogP contribution >= 0.6 is 0 Å². The number of rotatable bonds is 7. The minimum absolute atomic E-state index is 0.0944. The summed E-state index contributed by atoms with van der Waals surface area (Å²) in [6.45, 7) is 4.03. The van der Waals surface area contributed by atoms with Crippen molar-refractivity contribution >= 4 is 11.8 Å². The predicted molar refractivity (Wildman–Crippen MR) is 87.4 cm³/mol. The molecule has 0 saturated carbocycles. The molecule has 1 atom stereocenters. The number of hydrogen-bond acceptors (Lipinski definition) is 4. The Labute approximate surface area is 137 Å². The Bertz CT molecular complexity index is 542. The molecule has 2 heterocycles. The largest absolute Gasteiger partial charge is 0.376 e. The Morgan fingerprint density at radius 1 is 1.39 bits per heavy atom. The van der Waals surface area contributed by atoms with Crippen LogP contribution in [-0.2, 0) is 4.74 Å². The van der Waals surface area contributed by atoms with Gasteiger partial charge in [0.05, 0.1) is 17.2 Å². The summed E-state index contributed by atoms with van der Waals surface area (Å²) in [6, 6.07) is 1.60. The standard InChI is InChI=1S/C17H25N3O3/c1-3-4-7-20(2)17(22)14-9-13(10-18-11-14)16(21)19-12-15-6-5-8-23-15/h9-11,15H,3-8,12H2,1-2H3,(H,19,21). The minimum Gasteiger partial charge on any atom is -0.376 e. The lowest BCUT2D eigenvalue weighted by Gasteiger charge is -2.17. The van der Waals surface area contributed by atoms with Crippen LogP contribution in [0.25, 0.3) is 0 Å². The Balaban J connectivity index is 1.95. The first kappa shape index (κ1) is 17.4. The number of ether oxygens (including phenoxy) is 1. The molecular formula is C17H25N3O3. The molecule has 1 unspecified atom stereocenters. The molecule has 0 radical (unpaired) electrons. The van der Waals surface area contributed by atoms with Gasteiger partial charge in [0.1, 0.15) is 0 Å². The fraction of sp³-hybridized carbons (Fsp3) is 0.588. The van der Waals surface area contributed by atoms with E-state index in [1.807, 2.05) is 0 Å². The van der Waals surface area contributed by atoms with Gasteiger partial charge < -0.3 is 15.0 Å². The number of aromatic nitrogens is 1. The van der Waals surface area contributed by atoms with Crippen LogP contribution in [0.2, 0.25) is 0 Å². The summed E-state index contributed by atoms with van der Waals surface area (Å²) < 4.78 is 5.48. The van der Waals surface area contributed by atoms with E-state index in [4.69, 9.17) is 4.74 Å². The smallest absolute Gasteiger partial charge is 0.255 e. The predicted octanol–water partition coefficient (Wildman–Crippen LogP) is 1.86. The van der Waals surface area contributed by atoms with E-state index < -0.39 is 0 Å². The highest BCUT2D eigenvalue weighted by atomic mass is 16.5. The molecule has 2 rings (SSSR count). The summed E-state index contributed by atoms with van der Waals surface area (Å²) in [5.74, 6) is -0.335. The number of carbonyl (C=O) groups is 2. The quantitative estimate of drug-likeness (QED) is 0.833. The summed E-state index contributed by atoms with van der Waals surface area (Å²) in [5, 5.41) is 2.84. The van der Waals surface area contributed by atoms with Crippen LogP contribution in [0.5, 0.6) is 0 Å². The van der Waals surface area contributed by atoms with Crippen LogP contribution in [-0.4, -0.2) is 54.5 Å². The van der Waals surface area contributed by atoms with E-state index in [0.29, 0.717) is 24.2 Å². The van der Waals surface area contributed by atoms with Gasteiger partial charge in [0.25, 0.3) is 11.8 Å². The van der Waals surface area contributed by atoms with Gasteiger partial charge in [0, 0.05) is 39.1 Å². The normalized spacial score (nSPS) is 17.0. The summed E-state index contributed by atoms with van der Waals surface area (Å²) in [7, 11) is 1.77. The summed E-state index contributed by atoms with van der Waals surface area (Å²) in [6.07, 6.45) is 7.07. The number of nitrogens with zero attached hydrogens (tertiary/aromatic N) is 2. The van der Waals surface area contributed by atoms with Crippen molar-refractivity contribution in [3.05, 3.63) is 29.6 Å². The van der Waals surface area contributed by atoms with Crippen LogP contribution in [0.15, 0.2) is 18.5 Å². The fourth-order valence-corrected chi connectivity index (χ4v) is 2.51. The van der Waals surface area contributed by atoms with Gasteiger partial charge in [-0.1, -0.05) is 13.3 Å². The molecule has 1 saturated heterocycles. The van der Waals surface area contributed by atoms with Crippen molar-refractivity contribution in [3.8, 4) is 0 Å². The van der Waals surface area contributed by atoms with Crippen LogP contribution in [0.1, 0.15) is 53.3 Å². The molecule has 1 fully saturated rings. The van der Waals surface area contributed by atoms with E-state index in [-0.39, 0.29) is 17.9 Å². The highest BCUT2D eigenvalue weighted by Crippen LogP contribution is 2.11. The first-order valence-electron chi connectivity index (χ1n) is 8.22. The number of carbonyl (C=O) groups excluding carboxylic acids is 2. The number of nitrogens with one attached hydrogen (secondary N) is 1. The van der Waals surface area contributed by atoms with Crippen LogP contribution in [0.4, 0.5) is 0 Å². The maximum Gasteiger partial charge on any atom is 0.255 e. The number of amides is 2. The van der Waals surface area contributed by atoms with Crippen molar-refractivity contribution in [1.29, 1.82) is 0 Å². The van der Waals surface area contributed by atoms with Crippen LogP contribution in [0.3, 0.4) is 0 Å². The number of unbranched alkanes of at least 4 members (excludes halogenated alkanes) is 1. The van der Waals surface area contributed by atoms with Gasteiger partial charge in [-0.2, -0.15) is 0 Å². The third kappa shape index (κ3) is 5.03. The molecule has 1 aromatic heterocycles. The van der Waals surface area contributed by atoms with Gasteiger partial charge in [-0.25, -0.2) is 0 Å². The summed E-state index contributed by atoms with van der Waals surface area (Å²) in [5.41, 5.74) is 0.839. The topological polar surface area (TPSA) is 71.5 Å². The average molecular weight is 319 g/mol. The van der Waals surface area contributed by atoms with E-state index in [9.17, 15) is 9.59 Å². The van der Waals surface area contributed by atoms with Crippen molar-refractivity contribution in [3.63, 3.8) is 0 Å². The van der Waals surface area contributed by atoms with Crippen molar-refractivity contribution in [1.82, 2.24) is 15.2 Å². The monoisotopic (exact) mass is 319 g/mol. The Morgan fingerprint density at radius 3 is 2.87 bits per heavy atom. The molecule has 126 valence electrons. The molecule has 1 aliphatic rings. The van der Waals surface area contributed by atoms with Crippen LogP contribution < -0.4 is 5.32 Å². The lowest BCUT2D eigenvalue weighted by molar-refractivity contribution is 0.0792. The Kier molecular flexibility index (Phi) is 6.52. The molecule has 0 aliphatic carbocycles. The molecule has 1 aromatic rings. The maximum absolute atomic E-state index is 12.3. The van der Waals surface area contributed by atoms with Crippen LogP contribution in [0, 0.1) is 0 Å². The second kappa shape index (κ2) is 8.62. The summed E-state index contributed by atoms with van der Waals surface area (Å²) >= 11 is 0. The zero-order valence-corrected chi connectivity index (χ0v) is 13.9. The Hall–Kier alpha value is -1.95. The summed E-state index contributed by atoms with van der Waals surface area (Å²) in [4.78, 5) is 30.2. The molecule has 1 N–H and O–H groups in total. The highest BCUT2D eigenvalue weighted by molar-refractivity contribution is 5.99. The van der Waals surface area contributed by atoms with E-state index in [1.54, 1.807) is 18.0 Å². The molecule has 0 aromatic carbocycles. The van der Waals surface area contributed by atoms with Crippen molar-refractivity contribution in [2.45, 2.75) is 38.7 Å². The van der Waals surface area contributed by atoms with Gasteiger partial charge in [0.2, 0.25) is 0 Å². The SMILES string of the molecule is CCCCN(C)C(=O)c1cncc(C(=O)NCC2CCCO2)c1. The van der Waals surface area contributed by atoms with Gasteiger partial charge in [-0.15, -0.1) is 0 Å². The van der Waals surface area contributed by atoms with E-state index in [1.165, 1.54) is 12.4 Å². The molecule has 6 heteroatoms. The first-order chi connectivity index (χ1) is 11.1. The third-order valence-electron chi connectivity index (χ3n) is 3.96. The molecule has 6 nitrogen and oxygen atoms in total. The van der Waals surface area contributed by atoms with Crippen molar-refractivity contribution < 1.29 is 14.3 Å². The molecule has 0 bridgehead atoms. The second-order valence-electron chi connectivity index (χ2n) is 5.89. The minimum atomic E-state index is -0.223. The maximum atomic E-state index is 12.3. The van der Waals surface area contributed by atoms with Gasteiger partial charge >= 0.3 is 0 Å². The van der Waals surface area contributed by atoms with Crippen molar-refractivity contribution in [2.75, 3.05) is 26.7 Å². The third-order valence-corrected chi connectivity index (χ3v) is 3.96. The molecule has 1 aliphatic heterocycles. The zero-order valence-electron chi connectivity index (χ0n) is 13.9. The van der Waals surface area contributed by atoms with Crippen molar-refractivity contribution in [2.24, 2.45) is 0 Å². The van der Waals surface area contributed by atoms with Gasteiger partial charge in [-0.05, 0) is 25.3 Å². The first-order valence-corrected chi connectivity index (χ1v) is 8.22. The average Bonchev–Trinajstić information content (AvgIpc) is 3.10. The number of pyridine rings is 1. The van der Waals surface area contributed by atoms with E-state index in [2.05, 4.69) is 17.2 Å². The lowest BCUT2D eigenvalue weighted by atomic mass is 10.1.